The van der Waals surface area contributed by atoms with E-state index in [0.29, 0.717) is 5.82 Å². The Bertz CT molecular complexity index is 470. The van der Waals surface area contributed by atoms with Gasteiger partial charge in [-0.2, -0.15) is 5.10 Å². The van der Waals surface area contributed by atoms with Crippen molar-refractivity contribution in [1.82, 2.24) is 9.78 Å². The Morgan fingerprint density at radius 1 is 1.38 bits per heavy atom. The Kier molecular flexibility index (Phi) is 3.90. The van der Waals surface area contributed by atoms with Gasteiger partial charge in [0, 0.05) is 21.3 Å². The van der Waals surface area contributed by atoms with Crippen molar-refractivity contribution in [3.05, 3.63) is 41.0 Å². The summed E-state index contributed by atoms with van der Waals surface area (Å²) in [6.07, 6.45) is 1.90. The van der Waals surface area contributed by atoms with Crippen LogP contribution in [0.3, 0.4) is 0 Å². The Labute approximate surface area is 107 Å². The van der Waals surface area contributed by atoms with E-state index in [2.05, 4.69) is 33.2 Å². The summed E-state index contributed by atoms with van der Waals surface area (Å²) in [5, 5.41) is 4.13. The molecule has 0 amide bonds. The summed E-state index contributed by atoms with van der Waals surface area (Å²) in [6.45, 7) is 0.869. The molecule has 0 radical (unpaired) electrons. The predicted octanol–water partition coefficient (Wildman–Crippen LogP) is 3.02. The first-order valence-electron chi connectivity index (χ1n) is 4.91. The fourth-order valence-electron chi connectivity index (χ4n) is 1.32. The Morgan fingerprint density at radius 2 is 2.25 bits per heavy atom. The number of thioether (sulfide) groups is 1. The van der Waals surface area contributed by atoms with Crippen molar-refractivity contribution in [2.75, 3.05) is 11.5 Å². The van der Waals surface area contributed by atoms with Gasteiger partial charge in [-0.25, -0.2) is 0 Å². The van der Waals surface area contributed by atoms with Crippen molar-refractivity contribution in [3.8, 4) is 0 Å². The molecule has 0 unspecified atom stereocenters. The zero-order valence-electron chi connectivity index (χ0n) is 8.64. The summed E-state index contributed by atoms with van der Waals surface area (Å²) in [6, 6.07) is 10.1. The molecule has 1 heterocycles. The van der Waals surface area contributed by atoms with Crippen LogP contribution in [0.25, 0.3) is 0 Å². The first-order chi connectivity index (χ1) is 7.74. The molecule has 0 saturated carbocycles. The van der Waals surface area contributed by atoms with Gasteiger partial charge in [0.15, 0.2) is 0 Å². The quantitative estimate of drug-likeness (QED) is 0.882. The maximum Gasteiger partial charge on any atom is 0.145 e. The van der Waals surface area contributed by atoms with Gasteiger partial charge in [0.2, 0.25) is 0 Å². The number of benzene rings is 1. The van der Waals surface area contributed by atoms with Crippen LogP contribution in [0.1, 0.15) is 0 Å². The lowest BCUT2D eigenvalue weighted by molar-refractivity contribution is 0.669. The van der Waals surface area contributed by atoms with E-state index in [0.717, 1.165) is 16.8 Å². The fraction of sp³-hybridized carbons (Fsp3) is 0.182. The van der Waals surface area contributed by atoms with Crippen LogP contribution in [0.4, 0.5) is 5.82 Å². The van der Waals surface area contributed by atoms with E-state index in [1.807, 2.05) is 40.8 Å². The smallest absolute Gasteiger partial charge is 0.145 e. The van der Waals surface area contributed by atoms with Gasteiger partial charge in [0.25, 0.3) is 0 Å². The van der Waals surface area contributed by atoms with Crippen LogP contribution in [0, 0.1) is 0 Å². The molecule has 5 heteroatoms. The second-order valence-corrected chi connectivity index (χ2v) is 5.39. The Morgan fingerprint density at radius 3 is 2.94 bits per heavy atom. The van der Waals surface area contributed by atoms with Crippen molar-refractivity contribution < 1.29 is 0 Å². The minimum absolute atomic E-state index is 0.576. The van der Waals surface area contributed by atoms with Gasteiger partial charge < -0.3 is 5.73 Å². The first-order valence-corrected chi connectivity index (χ1v) is 6.69. The molecule has 2 N–H and O–H groups in total. The highest BCUT2D eigenvalue weighted by Crippen LogP contribution is 2.21. The van der Waals surface area contributed by atoms with E-state index >= 15 is 0 Å². The molecule has 0 atom stereocenters. The van der Waals surface area contributed by atoms with E-state index in [1.54, 1.807) is 0 Å². The van der Waals surface area contributed by atoms with E-state index in [-0.39, 0.29) is 0 Å². The molecule has 3 nitrogen and oxygen atoms in total. The number of nitrogens with two attached hydrogens (primary N) is 1. The monoisotopic (exact) mass is 297 g/mol. The van der Waals surface area contributed by atoms with Gasteiger partial charge in [-0.3, -0.25) is 4.68 Å². The van der Waals surface area contributed by atoms with Gasteiger partial charge in [-0.05, 0) is 24.3 Å². The Balaban J connectivity index is 1.84. The number of nitrogens with zero attached hydrogens (tertiary/aromatic N) is 2. The zero-order valence-corrected chi connectivity index (χ0v) is 11.0. The van der Waals surface area contributed by atoms with Crippen LogP contribution < -0.4 is 5.73 Å². The summed E-state index contributed by atoms with van der Waals surface area (Å²) < 4.78 is 2.97. The number of halogens is 1. The lowest BCUT2D eigenvalue weighted by Gasteiger charge is -2.02. The van der Waals surface area contributed by atoms with Crippen LogP contribution >= 0.6 is 27.7 Å². The molecule has 0 bridgehead atoms. The van der Waals surface area contributed by atoms with Gasteiger partial charge in [-0.15, -0.1) is 11.8 Å². The molecule has 0 spiro atoms. The van der Waals surface area contributed by atoms with Crippen molar-refractivity contribution in [2.45, 2.75) is 11.4 Å². The van der Waals surface area contributed by atoms with Crippen molar-refractivity contribution in [2.24, 2.45) is 0 Å². The first kappa shape index (κ1) is 11.5. The molecule has 2 rings (SSSR count). The molecular formula is C11H12BrN3S. The van der Waals surface area contributed by atoms with Crippen molar-refractivity contribution >= 4 is 33.5 Å². The van der Waals surface area contributed by atoms with Gasteiger partial charge in [-0.1, -0.05) is 22.0 Å². The van der Waals surface area contributed by atoms with E-state index < -0.39 is 0 Å². The Hall–Kier alpha value is -0.940. The van der Waals surface area contributed by atoms with Crippen LogP contribution in [-0.4, -0.2) is 15.5 Å². The van der Waals surface area contributed by atoms with Crippen LogP contribution in [0.2, 0.25) is 0 Å². The third-order valence-corrected chi connectivity index (χ3v) is 3.51. The SMILES string of the molecule is Nc1ccn(CCSc2cccc(Br)c2)n1. The average Bonchev–Trinajstić information content (AvgIpc) is 2.64. The molecule has 84 valence electrons. The van der Waals surface area contributed by atoms with Crippen molar-refractivity contribution in [3.63, 3.8) is 0 Å². The number of aromatic nitrogens is 2. The van der Waals surface area contributed by atoms with Crippen molar-refractivity contribution in [1.29, 1.82) is 0 Å². The summed E-state index contributed by atoms with van der Waals surface area (Å²) >= 11 is 5.26. The molecule has 0 aliphatic carbocycles. The molecule has 0 aliphatic heterocycles. The lowest BCUT2D eigenvalue weighted by Crippen LogP contribution is -2.01. The molecular weight excluding hydrogens is 286 g/mol. The third-order valence-electron chi connectivity index (χ3n) is 2.05. The number of rotatable bonds is 4. The molecule has 0 aliphatic rings. The minimum atomic E-state index is 0.576. The normalized spacial score (nSPS) is 10.6. The number of nitrogen functional groups attached to an aromatic ring is 1. The maximum atomic E-state index is 5.54. The third kappa shape index (κ3) is 3.28. The standard InChI is InChI=1S/C11H12BrN3S/c12-9-2-1-3-10(8-9)16-7-6-15-5-4-11(13)14-15/h1-5,8H,6-7H2,(H2,13,14). The molecule has 0 fully saturated rings. The predicted molar refractivity (Wildman–Crippen MR) is 71.5 cm³/mol. The molecule has 1 aromatic carbocycles. The number of hydrogen-bond donors (Lipinski definition) is 1. The molecule has 1 aromatic heterocycles. The second kappa shape index (κ2) is 5.41. The summed E-state index contributed by atoms with van der Waals surface area (Å²) in [5.74, 6) is 1.56. The largest absolute Gasteiger partial charge is 0.382 e. The summed E-state index contributed by atoms with van der Waals surface area (Å²) in [5.41, 5.74) is 5.54. The minimum Gasteiger partial charge on any atom is -0.382 e. The summed E-state index contributed by atoms with van der Waals surface area (Å²) in [7, 11) is 0. The van der Waals surface area contributed by atoms with Crippen LogP contribution in [-0.2, 0) is 6.54 Å². The van der Waals surface area contributed by atoms with Gasteiger partial charge in [0.05, 0.1) is 6.54 Å². The zero-order chi connectivity index (χ0) is 11.4. The fourth-order valence-corrected chi connectivity index (χ4v) is 2.77. The highest BCUT2D eigenvalue weighted by Gasteiger charge is 1.97. The van der Waals surface area contributed by atoms with Gasteiger partial charge >= 0.3 is 0 Å². The number of anilines is 1. The van der Waals surface area contributed by atoms with E-state index in [1.165, 1.54) is 4.90 Å². The number of hydrogen-bond acceptors (Lipinski definition) is 3. The maximum absolute atomic E-state index is 5.54. The number of aryl methyl sites for hydroxylation is 1. The second-order valence-electron chi connectivity index (χ2n) is 3.31. The molecule has 16 heavy (non-hydrogen) atoms. The molecule has 2 aromatic rings. The van der Waals surface area contributed by atoms with Gasteiger partial charge in [0.1, 0.15) is 5.82 Å². The van der Waals surface area contributed by atoms with E-state index in [4.69, 9.17) is 5.73 Å². The van der Waals surface area contributed by atoms with Crippen LogP contribution in [0.15, 0.2) is 45.9 Å². The highest BCUT2D eigenvalue weighted by molar-refractivity contribution is 9.10. The van der Waals surface area contributed by atoms with Crippen LogP contribution in [0.5, 0.6) is 0 Å². The average molecular weight is 298 g/mol. The highest BCUT2D eigenvalue weighted by atomic mass is 79.9. The topological polar surface area (TPSA) is 43.8 Å². The lowest BCUT2D eigenvalue weighted by atomic mass is 10.4. The summed E-state index contributed by atoms with van der Waals surface area (Å²) in [4.78, 5) is 1.26. The van der Waals surface area contributed by atoms with E-state index in [9.17, 15) is 0 Å². The molecule has 0 saturated heterocycles.